The van der Waals surface area contributed by atoms with Gasteiger partial charge >= 0.3 is 5.97 Å². The van der Waals surface area contributed by atoms with Crippen molar-refractivity contribution in [3.8, 4) is 0 Å². The van der Waals surface area contributed by atoms with E-state index in [9.17, 15) is 9.00 Å². The molecule has 0 bridgehead atoms. The Morgan fingerprint density at radius 2 is 1.76 bits per heavy atom. The molecule has 6 heteroatoms. The van der Waals surface area contributed by atoms with Gasteiger partial charge in [0.05, 0.1) is 17.2 Å². The quantitative estimate of drug-likeness (QED) is 0.243. The van der Waals surface area contributed by atoms with Crippen molar-refractivity contribution in [1.29, 1.82) is 0 Å². The number of carboxylic acids is 1. The van der Waals surface area contributed by atoms with E-state index in [2.05, 4.69) is 43.4 Å². The maximum atomic E-state index is 13.0. The van der Waals surface area contributed by atoms with E-state index in [0.717, 1.165) is 27.2 Å². The lowest BCUT2D eigenvalue weighted by Gasteiger charge is -2.11. The third-order valence-corrected chi connectivity index (χ3v) is 7.26. The zero-order valence-corrected chi connectivity index (χ0v) is 21.1. The van der Waals surface area contributed by atoms with E-state index >= 15 is 0 Å². The van der Waals surface area contributed by atoms with Gasteiger partial charge in [0.25, 0.3) is 0 Å². The summed E-state index contributed by atoms with van der Waals surface area (Å²) in [6.07, 6.45) is 2.90. The van der Waals surface area contributed by atoms with Crippen LogP contribution < -0.4 is 5.32 Å². The standard InChI is InChI=1S/C28H30ClNO3S/c1-20-6-7-23(16-21(20)2)17-25(24-4-3-5-26(29)18-24)13-15-34(33)27-10-8-22(9-11-27)19-30-14-12-28(31)32/h3-11,16-18,30H,12-15,19H2,1-2H3,(H,31,32)/b25-17+. The minimum absolute atomic E-state index is 0.0900. The molecule has 0 saturated heterocycles. The molecule has 3 aromatic rings. The van der Waals surface area contributed by atoms with Crippen molar-refractivity contribution in [3.05, 3.63) is 99.6 Å². The largest absolute Gasteiger partial charge is 0.481 e. The smallest absolute Gasteiger partial charge is 0.304 e. The fourth-order valence-electron chi connectivity index (χ4n) is 3.55. The number of aliphatic carboxylic acids is 1. The van der Waals surface area contributed by atoms with Gasteiger partial charge in [-0.15, -0.1) is 0 Å². The second-order valence-corrected chi connectivity index (χ2v) is 10.3. The summed E-state index contributed by atoms with van der Waals surface area (Å²) in [5, 5.41) is 12.5. The Morgan fingerprint density at radius 3 is 2.44 bits per heavy atom. The fourth-order valence-corrected chi connectivity index (χ4v) is 4.82. The molecule has 34 heavy (non-hydrogen) atoms. The molecule has 3 aromatic carbocycles. The van der Waals surface area contributed by atoms with Crippen LogP contribution in [0.2, 0.25) is 5.02 Å². The topological polar surface area (TPSA) is 66.4 Å². The molecule has 0 aliphatic heterocycles. The molecule has 178 valence electrons. The van der Waals surface area contributed by atoms with Gasteiger partial charge < -0.3 is 10.4 Å². The van der Waals surface area contributed by atoms with Gasteiger partial charge in [-0.2, -0.15) is 0 Å². The Kier molecular flexibility index (Phi) is 9.63. The zero-order chi connectivity index (χ0) is 24.5. The molecule has 0 aromatic heterocycles. The average Bonchev–Trinajstić information content (AvgIpc) is 2.82. The number of nitrogens with one attached hydrogen (secondary N) is 1. The summed E-state index contributed by atoms with van der Waals surface area (Å²) in [5.41, 5.74) is 6.76. The number of allylic oxidation sites excluding steroid dienone is 1. The second-order valence-electron chi connectivity index (χ2n) is 8.29. The van der Waals surface area contributed by atoms with E-state index < -0.39 is 16.8 Å². The Morgan fingerprint density at radius 1 is 1.00 bits per heavy atom. The summed E-state index contributed by atoms with van der Waals surface area (Å²) in [7, 11) is -1.14. The van der Waals surface area contributed by atoms with Gasteiger partial charge in [0.15, 0.2) is 0 Å². The summed E-state index contributed by atoms with van der Waals surface area (Å²) in [6.45, 7) is 5.20. The van der Waals surface area contributed by atoms with E-state index in [0.29, 0.717) is 30.3 Å². The predicted octanol–water partition coefficient (Wildman–Crippen LogP) is 6.26. The lowest BCUT2D eigenvalue weighted by atomic mass is 9.99. The first kappa shape index (κ1) is 25.9. The van der Waals surface area contributed by atoms with Gasteiger partial charge in [0.1, 0.15) is 0 Å². The van der Waals surface area contributed by atoms with E-state index in [-0.39, 0.29) is 6.42 Å². The molecule has 2 N–H and O–H groups in total. The molecular formula is C28H30ClNO3S. The van der Waals surface area contributed by atoms with Gasteiger partial charge in [0.2, 0.25) is 0 Å². The Bertz CT molecular complexity index is 1190. The molecule has 0 aliphatic carbocycles. The molecule has 0 amide bonds. The van der Waals surface area contributed by atoms with Crippen LogP contribution in [0, 0.1) is 13.8 Å². The lowest BCUT2D eigenvalue weighted by molar-refractivity contribution is -0.136. The molecule has 1 atom stereocenters. The molecule has 0 spiro atoms. The zero-order valence-electron chi connectivity index (χ0n) is 19.5. The van der Waals surface area contributed by atoms with Crippen molar-refractivity contribution in [1.82, 2.24) is 5.32 Å². The number of hydrogen-bond acceptors (Lipinski definition) is 3. The van der Waals surface area contributed by atoms with Crippen molar-refractivity contribution in [2.24, 2.45) is 0 Å². The lowest BCUT2D eigenvalue weighted by Crippen LogP contribution is -2.17. The highest BCUT2D eigenvalue weighted by molar-refractivity contribution is 7.85. The third kappa shape index (κ3) is 7.94. The Labute approximate surface area is 209 Å². The summed E-state index contributed by atoms with van der Waals surface area (Å²) in [4.78, 5) is 11.4. The number of hydrogen-bond donors (Lipinski definition) is 2. The fraction of sp³-hybridized carbons (Fsp3) is 0.250. The summed E-state index contributed by atoms with van der Waals surface area (Å²) < 4.78 is 13.0. The third-order valence-electron chi connectivity index (χ3n) is 5.66. The molecule has 0 saturated carbocycles. The maximum absolute atomic E-state index is 13.0. The van der Waals surface area contributed by atoms with Crippen LogP contribution in [0.15, 0.2) is 71.6 Å². The van der Waals surface area contributed by atoms with Crippen molar-refractivity contribution in [2.75, 3.05) is 12.3 Å². The highest BCUT2D eigenvalue weighted by Crippen LogP contribution is 2.26. The molecular weight excluding hydrogens is 466 g/mol. The minimum Gasteiger partial charge on any atom is -0.481 e. The number of carboxylic acid groups (broad SMARTS) is 1. The van der Waals surface area contributed by atoms with Gasteiger partial charge in [-0.05, 0) is 77.9 Å². The van der Waals surface area contributed by atoms with Crippen LogP contribution in [-0.2, 0) is 22.1 Å². The molecule has 0 aliphatic rings. The van der Waals surface area contributed by atoms with Crippen LogP contribution in [0.1, 0.15) is 40.7 Å². The number of aryl methyl sites for hydroxylation is 2. The molecule has 3 rings (SSSR count). The van der Waals surface area contributed by atoms with Crippen LogP contribution in [0.4, 0.5) is 0 Å². The number of rotatable bonds is 11. The highest BCUT2D eigenvalue weighted by atomic mass is 35.5. The van der Waals surface area contributed by atoms with E-state index in [1.54, 1.807) is 0 Å². The molecule has 0 heterocycles. The van der Waals surface area contributed by atoms with Crippen molar-refractivity contribution in [3.63, 3.8) is 0 Å². The second kappa shape index (κ2) is 12.7. The number of carbonyl (C=O) groups is 1. The average molecular weight is 496 g/mol. The van der Waals surface area contributed by atoms with Crippen LogP contribution >= 0.6 is 11.6 Å². The molecule has 0 fully saturated rings. The van der Waals surface area contributed by atoms with Crippen molar-refractivity contribution >= 4 is 40.0 Å². The first-order valence-electron chi connectivity index (χ1n) is 11.3. The van der Waals surface area contributed by atoms with Crippen LogP contribution in [0.5, 0.6) is 0 Å². The number of halogens is 1. The first-order chi connectivity index (χ1) is 16.3. The van der Waals surface area contributed by atoms with Gasteiger partial charge in [-0.25, -0.2) is 0 Å². The normalized spacial score (nSPS) is 12.5. The first-order valence-corrected chi connectivity index (χ1v) is 12.9. The predicted molar refractivity (Wildman–Crippen MR) is 142 cm³/mol. The van der Waals surface area contributed by atoms with Crippen LogP contribution in [-0.4, -0.2) is 27.6 Å². The van der Waals surface area contributed by atoms with Crippen LogP contribution in [0.25, 0.3) is 11.6 Å². The minimum atomic E-state index is -1.14. The van der Waals surface area contributed by atoms with E-state index in [1.165, 1.54) is 11.1 Å². The number of benzene rings is 3. The van der Waals surface area contributed by atoms with E-state index in [4.69, 9.17) is 16.7 Å². The van der Waals surface area contributed by atoms with Crippen molar-refractivity contribution < 1.29 is 14.1 Å². The molecule has 1 unspecified atom stereocenters. The Hall–Kier alpha value is -2.73. The van der Waals surface area contributed by atoms with Gasteiger partial charge in [-0.1, -0.05) is 60.1 Å². The highest BCUT2D eigenvalue weighted by Gasteiger charge is 2.09. The SMILES string of the molecule is Cc1ccc(/C=C(\CCS(=O)c2ccc(CNCCC(=O)O)cc2)c2cccc(Cl)c2)cc1C. The summed E-state index contributed by atoms with van der Waals surface area (Å²) in [5.74, 6) is -0.318. The summed E-state index contributed by atoms with van der Waals surface area (Å²) >= 11 is 6.25. The molecule has 0 radical (unpaired) electrons. The van der Waals surface area contributed by atoms with E-state index in [1.807, 2.05) is 48.5 Å². The van der Waals surface area contributed by atoms with Crippen LogP contribution in [0.3, 0.4) is 0 Å². The summed E-state index contributed by atoms with van der Waals surface area (Å²) in [6, 6.07) is 21.8. The maximum Gasteiger partial charge on any atom is 0.304 e. The van der Waals surface area contributed by atoms with Gasteiger partial charge in [-0.3, -0.25) is 9.00 Å². The van der Waals surface area contributed by atoms with Crippen molar-refractivity contribution in [2.45, 2.75) is 38.1 Å². The Balaban J connectivity index is 1.69. The molecule has 4 nitrogen and oxygen atoms in total. The monoisotopic (exact) mass is 495 g/mol. The van der Waals surface area contributed by atoms with Gasteiger partial charge in [0, 0.05) is 28.8 Å².